The van der Waals surface area contributed by atoms with Crippen molar-refractivity contribution in [3.8, 4) is 0 Å². The molecule has 2 unspecified atom stereocenters. The molecule has 0 aromatic heterocycles. The Hall–Kier alpha value is -0.860. The minimum atomic E-state index is 0.0763. The molecule has 1 aromatic carbocycles. The van der Waals surface area contributed by atoms with Crippen LogP contribution in [-0.2, 0) is 11.2 Å². The van der Waals surface area contributed by atoms with Crippen molar-refractivity contribution in [2.45, 2.75) is 25.5 Å². The van der Waals surface area contributed by atoms with Crippen LogP contribution >= 0.6 is 0 Å². The Bertz CT molecular complexity index is 235. The summed E-state index contributed by atoms with van der Waals surface area (Å²) in [6.45, 7) is 1.99. The van der Waals surface area contributed by atoms with Gasteiger partial charge in [-0.05, 0) is 18.9 Å². The van der Waals surface area contributed by atoms with Crippen LogP contribution in [0.25, 0.3) is 0 Å². The Morgan fingerprint density at radius 1 is 1.31 bits per heavy atom. The molecule has 0 saturated heterocycles. The van der Waals surface area contributed by atoms with Crippen molar-refractivity contribution in [1.82, 2.24) is 0 Å². The number of hydrogen-bond acceptors (Lipinski definition) is 2. The van der Waals surface area contributed by atoms with Crippen molar-refractivity contribution < 1.29 is 4.74 Å². The van der Waals surface area contributed by atoms with Crippen molar-refractivity contribution in [3.63, 3.8) is 0 Å². The summed E-state index contributed by atoms with van der Waals surface area (Å²) < 4.78 is 5.16. The first-order valence-corrected chi connectivity index (χ1v) is 4.56. The molecule has 0 radical (unpaired) electrons. The number of hydrogen-bond donors (Lipinski definition) is 1. The normalized spacial score (nSPS) is 15.3. The summed E-state index contributed by atoms with van der Waals surface area (Å²) in [6.07, 6.45) is 0.982. The van der Waals surface area contributed by atoms with Gasteiger partial charge in [0.1, 0.15) is 0 Å². The largest absolute Gasteiger partial charge is 0.380 e. The second-order valence-corrected chi connectivity index (χ2v) is 3.29. The van der Waals surface area contributed by atoms with Crippen molar-refractivity contribution in [2.24, 2.45) is 5.73 Å². The van der Waals surface area contributed by atoms with Gasteiger partial charge in [0, 0.05) is 13.2 Å². The second kappa shape index (κ2) is 5.00. The number of benzene rings is 1. The molecule has 0 fully saturated rings. The smallest absolute Gasteiger partial charge is 0.0697 e. The van der Waals surface area contributed by atoms with Gasteiger partial charge >= 0.3 is 0 Å². The number of rotatable bonds is 4. The van der Waals surface area contributed by atoms with E-state index >= 15 is 0 Å². The third-order valence-corrected chi connectivity index (χ3v) is 2.29. The maximum atomic E-state index is 5.93. The summed E-state index contributed by atoms with van der Waals surface area (Å²) in [5.41, 5.74) is 7.20. The van der Waals surface area contributed by atoms with Gasteiger partial charge in [-0.1, -0.05) is 30.3 Å². The van der Waals surface area contributed by atoms with Gasteiger partial charge in [-0.25, -0.2) is 0 Å². The number of nitrogens with two attached hydrogens (primary N) is 1. The molecule has 13 heavy (non-hydrogen) atoms. The van der Waals surface area contributed by atoms with Gasteiger partial charge in [-0.2, -0.15) is 0 Å². The van der Waals surface area contributed by atoms with Crippen molar-refractivity contribution in [1.29, 1.82) is 0 Å². The van der Waals surface area contributed by atoms with Crippen molar-refractivity contribution in [3.05, 3.63) is 35.9 Å². The van der Waals surface area contributed by atoms with E-state index in [0.717, 1.165) is 6.42 Å². The Labute approximate surface area is 79.7 Å². The van der Waals surface area contributed by atoms with Crippen LogP contribution in [0.3, 0.4) is 0 Å². The fraction of sp³-hybridized carbons (Fsp3) is 0.455. The van der Waals surface area contributed by atoms with Crippen LogP contribution in [0.4, 0.5) is 0 Å². The minimum Gasteiger partial charge on any atom is -0.380 e. The van der Waals surface area contributed by atoms with Gasteiger partial charge in [-0.3, -0.25) is 0 Å². The fourth-order valence-corrected chi connectivity index (χ4v) is 1.23. The monoisotopic (exact) mass is 179 g/mol. The van der Waals surface area contributed by atoms with E-state index in [2.05, 4.69) is 12.1 Å². The molecule has 0 heterocycles. The van der Waals surface area contributed by atoms with Gasteiger partial charge in [0.05, 0.1) is 6.10 Å². The topological polar surface area (TPSA) is 35.2 Å². The fourth-order valence-electron chi connectivity index (χ4n) is 1.23. The zero-order valence-corrected chi connectivity index (χ0v) is 8.23. The van der Waals surface area contributed by atoms with E-state index in [9.17, 15) is 0 Å². The van der Waals surface area contributed by atoms with Gasteiger partial charge in [0.15, 0.2) is 0 Å². The standard InChI is InChI=1S/C11H17NO/c1-9(13-2)11(12)8-10-6-4-3-5-7-10/h3-7,9,11H,8,12H2,1-2H3. The quantitative estimate of drug-likeness (QED) is 0.761. The molecule has 0 aliphatic heterocycles. The predicted octanol–water partition coefficient (Wildman–Crippen LogP) is 1.59. The highest BCUT2D eigenvalue weighted by molar-refractivity contribution is 5.15. The van der Waals surface area contributed by atoms with E-state index in [1.165, 1.54) is 5.56 Å². The van der Waals surface area contributed by atoms with E-state index in [1.807, 2.05) is 25.1 Å². The summed E-state index contributed by atoms with van der Waals surface area (Å²) in [4.78, 5) is 0. The van der Waals surface area contributed by atoms with Crippen LogP contribution < -0.4 is 5.73 Å². The maximum Gasteiger partial charge on any atom is 0.0697 e. The molecule has 0 saturated carbocycles. The summed E-state index contributed by atoms with van der Waals surface area (Å²) >= 11 is 0. The first-order valence-electron chi connectivity index (χ1n) is 4.56. The van der Waals surface area contributed by atoms with Crippen molar-refractivity contribution >= 4 is 0 Å². The summed E-state index contributed by atoms with van der Waals surface area (Å²) in [5.74, 6) is 0. The van der Waals surface area contributed by atoms with Gasteiger partial charge in [0.2, 0.25) is 0 Å². The summed E-state index contributed by atoms with van der Waals surface area (Å²) in [5, 5.41) is 0. The lowest BCUT2D eigenvalue weighted by Gasteiger charge is -2.18. The molecule has 2 atom stereocenters. The highest BCUT2D eigenvalue weighted by Gasteiger charge is 2.11. The first kappa shape index (κ1) is 10.2. The number of ether oxygens (including phenoxy) is 1. The van der Waals surface area contributed by atoms with E-state index in [1.54, 1.807) is 7.11 Å². The zero-order valence-electron chi connectivity index (χ0n) is 8.23. The average molecular weight is 179 g/mol. The third-order valence-electron chi connectivity index (χ3n) is 2.29. The zero-order chi connectivity index (χ0) is 9.68. The van der Waals surface area contributed by atoms with Gasteiger partial charge in [0.25, 0.3) is 0 Å². The Morgan fingerprint density at radius 3 is 2.46 bits per heavy atom. The third kappa shape index (κ3) is 3.17. The van der Waals surface area contributed by atoms with Gasteiger partial charge in [-0.15, -0.1) is 0 Å². The first-order chi connectivity index (χ1) is 6.24. The predicted molar refractivity (Wildman–Crippen MR) is 54.6 cm³/mol. The number of methoxy groups -OCH3 is 1. The van der Waals surface area contributed by atoms with Crippen LogP contribution in [0.15, 0.2) is 30.3 Å². The molecular formula is C11H17NO. The van der Waals surface area contributed by atoms with Crippen LogP contribution in [0.5, 0.6) is 0 Å². The molecule has 1 rings (SSSR count). The second-order valence-electron chi connectivity index (χ2n) is 3.29. The van der Waals surface area contributed by atoms with E-state index in [4.69, 9.17) is 10.5 Å². The van der Waals surface area contributed by atoms with Crippen LogP contribution in [0, 0.1) is 0 Å². The van der Waals surface area contributed by atoms with Crippen LogP contribution in [-0.4, -0.2) is 19.3 Å². The summed E-state index contributed by atoms with van der Waals surface area (Å²) in [7, 11) is 1.69. The molecular weight excluding hydrogens is 162 g/mol. The van der Waals surface area contributed by atoms with Gasteiger partial charge < -0.3 is 10.5 Å². The minimum absolute atomic E-state index is 0.0763. The van der Waals surface area contributed by atoms with Crippen LogP contribution in [0.1, 0.15) is 12.5 Å². The molecule has 0 aliphatic carbocycles. The highest BCUT2D eigenvalue weighted by atomic mass is 16.5. The Kier molecular flexibility index (Phi) is 3.93. The lowest BCUT2D eigenvalue weighted by Crippen LogP contribution is -2.35. The Balaban J connectivity index is 2.50. The van der Waals surface area contributed by atoms with Crippen LogP contribution in [0.2, 0.25) is 0 Å². The molecule has 0 aliphatic rings. The molecule has 0 amide bonds. The van der Waals surface area contributed by atoms with E-state index in [-0.39, 0.29) is 12.1 Å². The molecule has 2 heteroatoms. The summed E-state index contributed by atoms with van der Waals surface area (Å²) in [6, 6.07) is 10.3. The molecule has 72 valence electrons. The lowest BCUT2D eigenvalue weighted by atomic mass is 10.0. The molecule has 1 aromatic rings. The highest BCUT2D eigenvalue weighted by Crippen LogP contribution is 2.05. The van der Waals surface area contributed by atoms with Crippen molar-refractivity contribution in [2.75, 3.05) is 7.11 Å². The molecule has 0 bridgehead atoms. The van der Waals surface area contributed by atoms with E-state index in [0.29, 0.717) is 0 Å². The molecule has 0 spiro atoms. The average Bonchev–Trinajstić information content (AvgIpc) is 2.18. The van der Waals surface area contributed by atoms with E-state index < -0.39 is 0 Å². The maximum absolute atomic E-state index is 5.93. The Morgan fingerprint density at radius 2 is 1.92 bits per heavy atom. The lowest BCUT2D eigenvalue weighted by molar-refractivity contribution is 0.0956. The SMILES string of the molecule is COC(C)C(N)Cc1ccccc1. The molecule has 2 nitrogen and oxygen atoms in total. The molecule has 2 N–H and O–H groups in total.